The largest absolute Gasteiger partial charge is 0.340 e. The van der Waals surface area contributed by atoms with E-state index in [-0.39, 0.29) is 5.54 Å². The summed E-state index contributed by atoms with van der Waals surface area (Å²) >= 11 is 0. The van der Waals surface area contributed by atoms with Gasteiger partial charge in [0.2, 0.25) is 0 Å². The molecule has 4 rings (SSSR count). The molecule has 0 saturated heterocycles. The lowest BCUT2D eigenvalue weighted by Crippen LogP contribution is -2.43. The van der Waals surface area contributed by atoms with Crippen molar-refractivity contribution in [1.29, 1.82) is 0 Å². The third-order valence-corrected chi connectivity index (χ3v) is 6.44. The number of allylic oxidation sites excluding steroid dienone is 4. The molecule has 2 aliphatic rings. The molecule has 2 aromatic rings. The predicted octanol–water partition coefficient (Wildman–Crippen LogP) is 7.25. The van der Waals surface area contributed by atoms with Crippen LogP contribution in [0.4, 0.5) is 11.5 Å². The van der Waals surface area contributed by atoms with Crippen LogP contribution in [0.5, 0.6) is 0 Å². The van der Waals surface area contributed by atoms with Gasteiger partial charge in [0.15, 0.2) is 6.29 Å². The summed E-state index contributed by atoms with van der Waals surface area (Å²) in [7, 11) is 0. The van der Waals surface area contributed by atoms with Crippen LogP contribution in [-0.2, 0) is 0 Å². The van der Waals surface area contributed by atoms with E-state index in [0.717, 1.165) is 48.2 Å². The maximum Gasteiger partial charge on any atom is 0.154 e. The highest BCUT2D eigenvalue weighted by Gasteiger charge is 2.23. The van der Waals surface area contributed by atoms with Crippen LogP contribution in [0.3, 0.4) is 0 Å². The van der Waals surface area contributed by atoms with Crippen molar-refractivity contribution in [3.8, 4) is 0 Å². The van der Waals surface area contributed by atoms with Gasteiger partial charge in [0.1, 0.15) is 5.82 Å². The smallest absolute Gasteiger partial charge is 0.154 e. The molecule has 5 nitrogen and oxygen atoms in total. The first-order valence-electron chi connectivity index (χ1n) is 12.5. The van der Waals surface area contributed by atoms with Crippen molar-refractivity contribution in [1.82, 2.24) is 9.88 Å². The van der Waals surface area contributed by atoms with Crippen LogP contribution in [-0.4, -0.2) is 41.0 Å². The Morgan fingerprint density at radius 1 is 1.22 bits per heavy atom. The van der Waals surface area contributed by atoms with E-state index in [1.165, 1.54) is 11.1 Å². The van der Waals surface area contributed by atoms with Gasteiger partial charge in [-0.3, -0.25) is 14.7 Å². The lowest BCUT2D eigenvalue weighted by Gasteiger charge is -2.37. The average Bonchev–Trinajstić information content (AvgIpc) is 3.17. The first kappa shape index (κ1) is 26.0. The minimum absolute atomic E-state index is 0.178. The second kappa shape index (κ2) is 11.3. The molecule has 0 atom stereocenters. The number of aromatic nitrogens is 1. The molecule has 188 valence electrons. The fourth-order valence-corrected chi connectivity index (χ4v) is 4.28. The molecular weight excluding hydrogens is 456 g/mol. The highest BCUT2D eigenvalue weighted by atomic mass is 16.1. The SMILES string of the molecule is C=C(C)C=Cc1cc(C2=CN=CC=C=C2)nc(Nc2ccc(C3=CCN(C(C)(C)C)CC3)cc2)c1C=O. The van der Waals surface area contributed by atoms with Gasteiger partial charge < -0.3 is 5.32 Å². The monoisotopic (exact) mass is 490 g/mol. The van der Waals surface area contributed by atoms with Crippen LogP contribution in [0.1, 0.15) is 61.3 Å². The number of rotatable bonds is 7. The van der Waals surface area contributed by atoms with Crippen LogP contribution in [0.25, 0.3) is 17.2 Å². The summed E-state index contributed by atoms with van der Waals surface area (Å²) in [6.45, 7) is 14.6. The number of benzene rings is 1. The van der Waals surface area contributed by atoms with Crippen molar-refractivity contribution in [2.45, 2.75) is 39.7 Å². The molecule has 0 spiro atoms. The third kappa shape index (κ3) is 6.59. The number of nitrogens with zero attached hydrogens (tertiary/aromatic N) is 3. The number of pyridine rings is 1. The van der Waals surface area contributed by atoms with Crippen molar-refractivity contribution in [2.24, 2.45) is 4.99 Å². The normalized spacial score (nSPS) is 15.9. The van der Waals surface area contributed by atoms with Crippen LogP contribution >= 0.6 is 0 Å². The zero-order valence-electron chi connectivity index (χ0n) is 22.1. The average molecular weight is 491 g/mol. The number of anilines is 2. The van der Waals surface area contributed by atoms with Crippen LogP contribution in [0, 0.1) is 0 Å². The Morgan fingerprint density at radius 3 is 2.65 bits per heavy atom. The number of hydrogen-bond donors (Lipinski definition) is 1. The fourth-order valence-electron chi connectivity index (χ4n) is 4.28. The molecule has 0 bridgehead atoms. The summed E-state index contributed by atoms with van der Waals surface area (Å²) in [6, 6.07) is 10.2. The van der Waals surface area contributed by atoms with Crippen molar-refractivity contribution in [2.75, 3.05) is 18.4 Å². The minimum Gasteiger partial charge on any atom is -0.340 e. The Bertz CT molecular complexity index is 1380. The van der Waals surface area contributed by atoms with Gasteiger partial charge in [-0.05, 0) is 81.2 Å². The van der Waals surface area contributed by atoms with E-state index >= 15 is 0 Å². The maximum atomic E-state index is 12.2. The molecule has 37 heavy (non-hydrogen) atoms. The van der Waals surface area contributed by atoms with E-state index in [2.05, 4.69) is 66.5 Å². The summed E-state index contributed by atoms with van der Waals surface area (Å²) in [6.07, 6.45) is 15.0. The van der Waals surface area contributed by atoms with E-state index in [0.29, 0.717) is 17.1 Å². The summed E-state index contributed by atoms with van der Waals surface area (Å²) in [4.78, 5) is 23.7. The molecule has 1 N–H and O–H groups in total. The minimum atomic E-state index is 0.178. The van der Waals surface area contributed by atoms with Gasteiger partial charge in [0.05, 0.1) is 11.3 Å². The molecule has 0 radical (unpaired) electrons. The molecule has 0 amide bonds. The molecule has 0 fully saturated rings. The first-order valence-corrected chi connectivity index (χ1v) is 12.5. The zero-order chi connectivity index (χ0) is 26.4. The van der Waals surface area contributed by atoms with Crippen molar-refractivity contribution >= 4 is 41.2 Å². The standard InChI is InChI=1S/C32H34N4O/c1-23(2)9-10-26-20-30(27-8-6-7-17-33-21-27)35-31(29(26)22-37)34-28-13-11-24(12-14-28)25-15-18-36(19-16-25)32(3,4)5/h7-15,17,20-22H,1,16,18-19H2,2-5H3,(H,34,35). The molecule has 1 aromatic carbocycles. The Kier molecular flexibility index (Phi) is 7.98. The van der Waals surface area contributed by atoms with Crippen molar-refractivity contribution in [3.63, 3.8) is 0 Å². The summed E-state index contributed by atoms with van der Waals surface area (Å²) in [5.74, 6) is 0.492. The summed E-state index contributed by atoms with van der Waals surface area (Å²) in [5.41, 5.74) is 10.3. The predicted molar refractivity (Wildman–Crippen MR) is 156 cm³/mol. The molecule has 0 saturated carbocycles. The quantitative estimate of drug-likeness (QED) is 0.252. The van der Waals surface area contributed by atoms with E-state index in [1.54, 1.807) is 18.5 Å². The molecule has 3 heterocycles. The molecule has 0 unspecified atom stereocenters. The number of aldehydes is 1. The second-order valence-corrected chi connectivity index (χ2v) is 10.3. The molecule has 0 aliphatic carbocycles. The highest BCUT2D eigenvalue weighted by Crippen LogP contribution is 2.30. The molecule has 1 aromatic heterocycles. The van der Waals surface area contributed by atoms with Gasteiger partial charge in [-0.25, -0.2) is 4.98 Å². The van der Waals surface area contributed by atoms with E-state index in [9.17, 15) is 4.79 Å². The molecule has 5 heteroatoms. The van der Waals surface area contributed by atoms with Crippen molar-refractivity contribution in [3.05, 3.63) is 101 Å². The Morgan fingerprint density at radius 2 is 2.00 bits per heavy atom. The lowest BCUT2D eigenvalue weighted by atomic mass is 9.96. The van der Waals surface area contributed by atoms with Crippen LogP contribution in [0.2, 0.25) is 0 Å². The van der Waals surface area contributed by atoms with Crippen molar-refractivity contribution < 1.29 is 4.79 Å². The van der Waals surface area contributed by atoms with Gasteiger partial charge in [-0.1, -0.05) is 42.5 Å². The number of carbonyl (C=O) groups is 1. The van der Waals surface area contributed by atoms with Gasteiger partial charge in [0, 0.05) is 42.3 Å². The zero-order valence-corrected chi connectivity index (χ0v) is 22.1. The third-order valence-electron chi connectivity index (χ3n) is 6.44. The van der Waals surface area contributed by atoms with E-state index in [1.807, 2.05) is 43.4 Å². The lowest BCUT2D eigenvalue weighted by molar-refractivity contribution is 0.112. The topological polar surface area (TPSA) is 57.6 Å². The Hall–Kier alpha value is -4.05. The fraction of sp³-hybridized carbons (Fsp3) is 0.250. The maximum absolute atomic E-state index is 12.2. The summed E-state index contributed by atoms with van der Waals surface area (Å²) in [5, 5.41) is 3.37. The van der Waals surface area contributed by atoms with Gasteiger partial charge in [-0.15, -0.1) is 5.73 Å². The second-order valence-electron chi connectivity index (χ2n) is 10.3. The van der Waals surface area contributed by atoms with E-state index in [4.69, 9.17) is 4.98 Å². The van der Waals surface area contributed by atoms with Gasteiger partial charge in [-0.2, -0.15) is 0 Å². The number of hydrogen-bond acceptors (Lipinski definition) is 5. The van der Waals surface area contributed by atoms with Crippen LogP contribution < -0.4 is 5.32 Å². The Labute approximate surface area is 220 Å². The van der Waals surface area contributed by atoms with E-state index < -0.39 is 0 Å². The van der Waals surface area contributed by atoms with Crippen LogP contribution in [0.15, 0.2) is 83.7 Å². The Balaban J connectivity index is 1.64. The molecular formula is C32H34N4O. The number of aliphatic imine (C=N–C) groups is 1. The number of carbonyl (C=O) groups excluding carboxylic acids is 1. The van der Waals surface area contributed by atoms with Gasteiger partial charge in [0.25, 0.3) is 0 Å². The first-order chi connectivity index (χ1) is 17.7. The number of nitrogens with one attached hydrogen (secondary N) is 1. The van der Waals surface area contributed by atoms with Gasteiger partial charge >= 0.3 is 0 Å². The highest BCUT2D eigenvalue weighted by molar-refractivity contribution is 5.92. The summed E-state index contributed by atoms with van der Waals surface area (Å²) < 4.78 is 0. The molecule has 2 aliphatic heterocycles.